The van der Waals surface area contributed by atoms with Crippen LogP contribution >= 0.6 is 0 Å². The van der Waals surface area contributed by atoms with E-state index in [0.29, 0.717) is 4.90 Å². The number of pyridine rings is 1. The molecule has 1 saturated heterocycles. The van der Waals surface area contributed by atoms with Gasteiger partial charge in [0.1, 0.15) is 11.4 Å². The molecule has 1 aromatic carbocycles. The molecule has 2 N–H and O–H groups in total. The fraction of sp³-hybridized carbons (Fsp3) is 0.412. The molecule has 1 fully saturated rings. The highest BCUT2D eigenvalue weighted by atomic mass is 19.1. The second kappa shape index (κ2) is 5.31. The molecule has 2 aromatic rings. The molecule has 1 unspecified atom stereocenters. The topological polar surface area (TPSA) is 74.6 Å². The smallest absolute Gasteiger partial charge is 0.341 e. The maximum Gasteiger partial charge on any atom is 0.341 e. The molecule has 126 valence electrons. The standard InChI is InChI=1S/C17H18FN3O3/c1-9-7-21(5-3-19-9)15-10-2-4-20-8-12(17(23)24)16(22)11(14(10)20)6-13(15)18/h6,8-9,19H,2-5,7H2,1H3,(H,23,24)/i3D2,5D2,7D2,9D. The van der Waals surface area contributed by atoms with E-state index in [9.17, 15) is 14.7 Å². The van der Waals surface area contributed by atoms with Crippen LogP contribution in [0.1, 0.15) is 32.4 Å². The Labute approximate surface area is 147 Å². The SMILES string of the molecule is [2H]C1([2H])NC([2H])(C)C([2H])([2H])N(c2c(F)cc3c(=O)c(C(=O)O)cn4c3c2CC4)C1([2H])[2H]. The lowest BCUT2D eigenvalue weighted by Gasteiger charge is -2.35. The largest absolute Gasteiger partial charge is 0.477 e. The van der Waals surface area contributed by atoms with E-state index in [-0.39, 0.29) is 29.4 Å². The minimum atomic E-state index is -3.13. The second-order valence-corrected chi connectivity index (χ2v) is 5.64. The maximum absolute atomic E-state index is 15.4. The van der Waals surface area contributed by atoms with Gasteiger partial charge < -0.3 is 19.9 Å². The predicted molar refractivity (Wildman–Crippen MR) is 88.5 cm³/mol. The number of benzene rings is 1. The van der Waals surface area contributed by atoms with Crippen molar-refractivity contribution in [2.24, 2.45) is 0 Å². The Morgan fingerprint density at radius 3 is 3.12 bits per heavy atom. The molecular weight excluding hydrogens is 313 g/mol. The third-order valence-corrected chi connectivity index (χ3v) is 4.14. The first-order chi connectivity index (χ1) is 14.0. The number of piperazine rings is 1. The molecular formula is C17H18FN3O3. The van der Waals surface area contributed by atoms with Gasteiger partial charge in [0.2, 0.25) is 5.43 Å². The first-order valence-corrected chi connectivity index (χ1v) is 7.26. The summed E-state index contributed by atoms with van der Waals surface area (Å²) in [4.78, 5) is 24.2. The number of nitrogens with one attached hydrogen (secondary N) is 1. The number of rotatable bonds is 2. The van der Waals surface area contributed by atoms with Crippen LogP contribution in [0.25, 0.3) is 10.9 Å². The van der Waals surface area contributed by atoms with E-state index in [1.807, 2.05) is 5.32 Å². The normalized spacial score (nSPS) is 33.6. The van der Waals surface area contributed by atoms with Crippen LogP contribution in [0.15, 0.2) is 17.1 Å². The highest BCUT2D eigenvalue weighted by molar-refractivity contribution is 5.95. The molecule has 1 atom stereocenters. The lowest BCUT2D eigenvalue weighted by Crippen LogP contribution is -2.49. The Morgan fingerprint density at radius 2 is 2.38 bits per heavy atom. The van der Waals surface area contributed by atoms with E-state index in [0.717, 1.165) is 19.2 Å². The van der Waals surface area contributed by atoms with Crippen molar-refractivity contribution < 1.29 is 23.9 Å². The van der Waals surface area contributed by atoms with Gasteiger partial charge in [0.15, 0.2) is 0 Å². The van der Waals surface area contributed by atoms with Gasteiger partial charge in [0.25, 0.3) is 0 Å². The molecule has 2 aliphatic rings. The van der Waals surface area contributed by atoms with Crippen molar-refractivity contribution in [1.29, 1.82) is 0 Å². The van der Waals surface area contributed by atoms with Gasteiger partial charge in [0, 0.05) is 53.3 Å². The van der Waals surface area contributed by atoms with Crippen LogP contribution in [-0.2, 0) is 13.0 Å². The predicted octanol–water partition coefficient (Wildman–Crippen LogP) is 1.19. The van der Waals surface area contributed by atoms with Gasteiger partial charge in [-0.3, -0.25) is 4.79 Å². The lowest BCUT2D eigenvalue weighted by atomic mass is 10.0. The van der Waals surface area contributed by atoms with Gasteiger partial charge >= 0.3 is 5.97 Å². The molecule has 0 spiro atoms. The quantitative estimate of drug-likeness (QED) is 0.860. The van der Waals surface area contributed by atoms with Crippen LogP contribution in [0, 0.1) is 5.82 Å². The summed E-state index contributed by atoms with van der Waals surface area (Å²) in [6.45, 7) is -7.83. The molecule has 6 nitrogen and oxygen atoms in total. The number of carboxylic acid groups (broad SMARTS) is 1. The van der Waals surface area contributed by atoms with Gasteiger partial charge in [-0.05, 0) is 19.4 Å². The number of nitrogens with zero attached hydrogens (tertiary/aromatic N) is 2. The van der Waals surface area contributed by atoms with E-state index in [1.54, 1.807) is 0 Å². The first-order valence-electron chi connectivity index (χ1n) is 10.8. The van der Waals surface area contributed by atoms with Crippen molar-refractivity contribution >= 4 is 22.6 Å². The molecule has 0 radical (unpaired) electrons. The molecule has 24 heavy (non-hydrogen) atoms. The molecule has 3 heterocycles. The number of halogens is 1. The number of aromatic carboxylic acids is 1. The molecule has 2 aliphatic heterocycles. The fourth-order valence-electron chi connectivity index (χ4n) is 3.16. The van der Waals surface area contributed by atoms with Crippen molar-refractivity contribution in [1.82, 2.24) is 9.88 Å². The van der Waals surface area contributed by atoms with Gasteiger partial charge in [0.05, 0.1) is 16.7 Å². The Kier molecular flexibility index (Phi) is 2.03. The Hall–Kier alpha value is -2.41. The Morgan fingerprint density at radius 1 is 1.58 bits per heavy atom. The molecule has 1 aromatic heterocycles. The minimum absolute atomic E-state index is 0.0277. The van der Waals surface area contributed by atoms with E-state index in [1.165, 1.54) is 4.57 Å². The summed E-state index contributed by atoms with van der Waals surface area (Å²) >= 11 is 0. The number of aryl methyl sites for hydroxylation is 2. The van der Waals surface area contributed by atoms with Crippen LogP contribution < -0.4 is 15.6 Å². The van der Waals surface area contributed by atoms with Crippen LogP contribution in [-0.4, -0.2) is 41.2 Å². The minimum Gasteiger partial charge on any atom is -0.477 e. The van der Waals surface area contributed by atoms with Gasteiger partial charge in [-0.2, -0.15) is 0 Å². The summed E-state index contributed by atoms with van der Waals surface area (Å²) in [6.07, 6.45) is 1.13. The average molecular weight is 338 g/mol. The van der Waals surface area contributed by atoms with Crippen LogP contribution in [0.2, 0.25) is 0 Å². The van der Waals surface area contributed by atoms with Gasteiger partial charge in [-0.1, -0.05) is 0 Å². The van der Waals surface area contributed by atoms with E-state index < -0.39 is 54.0 Å². The van der Waals surface area contributed by atoms with Crippen molar-refractivity contribution in [3.8, 4) is 0 Å². The van der Waals surface area contributed by atoms with Crippen molar-refractivity contribution in [2.75, 3.05) is 24.4 Å². The molecule has 0 aliphatic carbocycles. The molecule has 0 saturated carbocycles. The van der Waals surface area contributed by atoms with Crippen molar-refractivity contribution in [2.45, 2.75) is 25.9 Å². The summed E-state index contributed by atoms with van der Waals surface area (Å²) in [5.74, 6) is -2.70. The summed E-state index contributed by atoms with van der Waals surface area (Å²) < 4.78 is 74.5. The zero-order valence-electron chi connectivity index (χ0n) is 19.6. The van der Waals surface area contributed by atoms with Crippen molar-refractivity contribution in [3.05, 3.63) is 39.4 Å². The van der Waals surface area contributed by atoms with Crippen LogP contribution in [0.4, 0.5) is 10.1 Å². The first kappa shape index (κ1) is 9.17. The number of anilines is 1. The molecule has 7 heteroatoms. The number of hydrogen-bond donors (Lipinski definition) is 2. The van der Waals surface area contributed by atoms with E-state index in [2.05, 4.69) is 0 Å². The summed E-state index contributed by atoms with van der Waals surface area (Å²) in [5.41, 5.74) is -1.91. The van der Waals surface area contributed by atoms with E-state index >= 15 is 4.39 Å². The Bertz CT molecular complexity index is 1190. The number of carboxylic acids is 1. The number of carbonyl (C=O) groups is 1. The monoisotopic (exact) mass is 338 g/mol. The lowest BCUT2D eigenvalue weighted by molar-refractivity contribution is 0.0695. The highest BCUT2D eigenvalue weighted by Crippen LogP contribution is 2.35. The third kappa shape index (κ3) is 2.11. The van der Waals surface area contributed by atoms with Crippen LogP contribution in [0.5, 0.6) is 0 Å². The zero-order chi connectivity index (χ0) is 23.3. The van der Waals surface area contributed by atoms with Gasteiger partial charge in [-0.15, -0.1) is 0 Å². The summed E-state index contributed by atoms with van der Waals surface area (Å²) in [6, 6.07) is -1.66. The second-order valence-electron chi connectivity index (χ2n) is 5.64. The average Bonchev–Trinajstić information content (AvgIpc) is 3.02. The molecule has 4 rings (SSSR count). The number of hydrogen-bond acceptors (Lipinski definition) is 4. The van der Waals surface area contributed by atoms with Crippen molar-refractivity contribution in [3.63, 3.8) is 0 Å². The maximum atomic E-state index is 15.4. The van der Waals surface area contributed by atoms with Gasteiger partial charge in [-0.25, -0.2) is 9.18 Å². The fourth-order valence-corrected chi connectivity index (χ4v) is 3.16. The summed E-state index contributed by atoms with van der Waals surface area (Å²) in [7, 11) is 0. The molecule has 0 amide bonds. The molecule has 0 bridgehead atoms. The van der Waals surface area contributed by atoms with Crippen LogP contribution in [0.3, 0.4) is 0 Å². The number of aromatic nitrogens is 1. The Balaban J connectivity index is 2.10. The zero-order valence-corrected chi connectivity index (χ0v) is 12.6. The van der Waals surface area contributed by atoms with E-state index in [4.69, 9.17) is 9.60 Å². The third-order valence-electron chi connectivity index (χ3n) is 4.14. The summed E-state index contributed by atoms with van der Waals surface area (Å²) in [5, 5.41) is 11.0. The highest BCUT2D eigenvalue weighted by Gasteiger charge is 2.29.